The summed E-state index contributed by atoms with van der Waals surface area (Å²) in [4.78, 5) is 45.0. The average molecular weight is 406 g/mol. The summed E-state index contributed by atoms with van der Waals surface area (Å²) >= 11 is 0. The molecule has 3 amide bonds. The van der Waals surface area contributed by atoms with Gasteiger partial charge in [-0.05, 0) is 30.7 Å². The molecule has 0 bridgehead atoms. The summed E-state index contributed by atoms with van der Waals surface area (Å²) in [6.45, 7) is 0.0563. The van der Waals surface area contributed by atoms with Crippen molar-refractivity contribution in [2.75, 3.05) is 5.32 Å². The molecule has 0 saturated heterocycles. The predicted octanol–water partition coefficient (Wildman–Crippen LogP) is 1.28. The third-order valence-corrected chi connectivity index (χ3v) is 4.54. The molecule has 1 unspecified atom stereocenters. The molecule has 1 aliphatic heterocycles. The van der Waals surface area contributed by atoms with Crippen LogP contribution in [0.25, 0.3) is 11.4 Å². The Kier molecular flexibility index (Phi) is 5.46. The van der Waals surface area contributed by atoms with E-state index in [-0.39, 0.29) is 43.0 Å². The molecule has 10 heteroatoms. The van der Waals surface area contributed by atoms with Crippen LogP contribution in [0.1, 0.15) is 29.1 Å². The van der Waals surface area contributed by atoms with Gasteiger partial charge in [0.2, 0.25) is 23.5 Å². The molecule has 4 rings (SSSR count). The highest BCUT2D eigenvalue weighted by Gasteiger charge is 2.27. The molecule has 3 N–H and O–H groups in total. The van der Waals surface area contributed by atoms with E-state index in [1.165, 1.54) is 0 Å². The number of nitrogens with zero attached hydrogens (tertiary/aromatic N) is 3. The van der Waals surface area contributed by atoms with Crippen LogP contribution in [0, 0.1) is 0 Å². The number of pyridine rings is 1. The second kappa shape index (κ2) is 8.52. The molecule has 152 valence electrons. The van der Waals surface area contributed by atoms with Gasteiger partial charge < -0.3 is 20.5 Å². The molecule has 1 atom stereocenters. The fraction of sp³-hybridized carbons (Fsp3) is 0.200. The maximum atomic E-state index is 12.4. The number of hydrogen-bond donors (Lipinski definition) is 3. The second-order valence-corrected chi connectivity index (χ2v) is 6.63. The van der Waals surface area contributed by atoms with Crippen molar-refractivity contribution in [3.63, 3.8) is 0 Å². The normalized spacial score (nSPS) is 15.5. The van der Waals surface area contributed by atoms with Crippen molar-refractivity contribution in [3.05, 3.63) is 60.2 Å². The zero-order valence-electron chi connectivity index (χ0n) is 15.8. The van der Waals surface area contributed by atoms with Gasteiger partial charge in [0.1, 0.15) is 6.04 Å². The van der Waals surface area contributed by atoms with Crippen molar-refractivity contribution >= 4 is 23.4 Å². The van der Waals surface area contributed by atoms with Crippen LogP contribution in [0.15, 0.2) is 53.3 Å². The lowest BCUT2D eigenvalue weighted by molar-refractivity contribution is -0.122. The van der Waals surface area contributed by atoms with Crippen LogP contribution in [0.4, 0.5) is 5.69 Å². The lowest BCUT2D eigenvalue weighted by atomic mass is 10.1. The highest BCUT2D eigenvalue weighted by atomic mass is 16.5. The van der Waals surface area contributed by atoms with Gasteiger partial charge in [-0.1, -0.05) is 17.3 Å². The van der Waals surface area contributed by atoms with Crippen molar-refractivity contribution in [1.29, 1.82) is 0 Å². The summed E-state index contributed by atoms with van der Waals surface area (Å²) in [5.74, 6) is -0.398. The van der Waals surface area contributed by atoms with Gasteiger partial charge >= 0.3 is 0 Å². The first-order valence-electron chi connectivity index (χ1n) is 9.30. The number of hydrogen-bond acceptors (Lipinski definition) is 7. The number of nitrogens with one attached hydrogen (secondary N) is 3. The summed E-state index contributed by atoms with van der Waals surface area (Å²) in [5, 5.41) is 11.9. The Morgan fingerprint density at radius 3 is 2.87 bits per heavy atom. The van der Waals surface area contributed by atoms with Crippen molar-refractivity contribution in [3.8, 4) is 11.4 Å². The molecule has 0 radical (unpaired) electrons. The minimum Gasteiger partial charge on any atom is -0.347 e. The Labute approximate surface area is 171 Å². The smallest absolute Gasteiger partial charge is 0.254 e. The number of anilines is 1. The minimum atomic E-state index is -0.809. The summed E-state index contributed by atoms with van der Waals surface area (Å²) in [6.07, 6.45) is 3.44. The maximum absolute atomic E-state index is 12.4. The maximum Gasteiger partial charge on any atom is 0.254 e. The van der Waals surface area contributed by atoms with Gasteiger partial charge in [-0.25, -0.2) is 0 Å². The Hall–Kier alpha value is -4.08. The van der Waals surface area contributed by atoms with Gasteiger partial charge in [-0.15, -0.1) is 0 Å². The largest absolute Gasteiger partial charge is 0.347 e. The summed E-state index contributed by atoms with van der Waals surface area (Å²) in [6, 6.07) is 9.48. The van der Waals surface area contributed by atoms with E-state index >= 15 is 0 Å². The molecule has 30 heavy (non-hydrogen) atoms. The van der Waals surface area contributed by atoms with E-state index in [4.69, 9.17) is 4.52 Å². The number of amides is 3. The van der Waals surface area contributed by atoms with Crippen LogP contribution in [0.2, 0.25) is 0 Å². The van der Waals surface area contributed by atoms with E-state index in [1.54, 1.807) is 48.8 Å². The minimum absolute atomic E-state index is 0.0400. The van der Waals surface area contributed by atoms with Crippen molar-refractivity contribution < 1.29 is 18.9 Å². The first-order valence-corrected chi connectivity index (χ1v) is 9.30. The van der Waals surface area contributed by atoms with Crippen LogP contribution in [0.3, 0.4) is 0 Å². The standard InChI is InChI=1S/C20H18N6O4/c27-16(22-11-17-25-18(26-30-17)12-4-3-9-21-10-12)8-7-15-20(29)23-14-6-2-1-5-13(14)19(28)24-15/h1-6,9-10,15H,7-8,11H2,(H,22,27)(H,23,29)(H,24,28). The second-order valence-electron chi connectivity index (χ2n) is 6.63. The van der Waals surface area contributed by atoms with E-state index in [2.05, 4.69) is 31.1 Å². The topological polar surface area (TPSA) is 139 Å². The van der Waals surface area contributed by atoms with Gasteiger partial charge in [0.05, 0.1) is 17.8 Å². The number of fused-ring (bicyclic) bond motifs is 1. The van der Waals surface area contributed by atoms with E-state index in [1.807, 2.05) is 0 Å². The number of carbonyl (C=O) groups excluding carboxylic acids is 3. The number of benzene rings is 1. The number of carbonyl (C=O) groups is 3. The lowest BCUT2D eigenvalue weighted by Gasteiger charge is -2.14. The fourth-order valence-corrected chi connectivity index (χ4v) is 2.99. The molecule has 3 heterocycles. The van der Waals surface area contributed by atoms with Gasteiger partial charge in [-0.3, -0.25) is 19.4 Å². The first kappa shape index (κ1) is 19.2. The Morgan fingerprint density at radius 2 is 2.03 bits per heavy atom. The van der Waals surface area contributed by atoms with Gasteiger partial charge in [0.15, 0.2) is 0 Å². The Balaban J connectivity index is 1.29. The van der Waals surface area contributed by atoms with Gasteiger partial charge in [-0.2, -0.15) is 4.98 Å². The molecule has 1 aromatic carbocycles. The van der Waals surface area contributed by atoms with Gasteiger partial charge in [0.25, 0.3) is 5.91 Å². The monoisotopic (exact) mass is 406 g/mol. The van der Waals surface area contributed by atoms with Crippen LogP contribution in [-0.4, -0.2) is 38.9 Å². The summed E-state index contributed by atoms with van der Waals surface area (Å²) in [7, 11) is 0. The fourth-order valence-electron chi connectivity index (χ4n) is 2.99. The van der Waals surface area contributed by atoms with Crippen LogP contribution >= 0.6 is 0 Å². The van der Waals surface area contributed by atoms with Gasteiger partial charge in [0, 0.05) is 24.4 Å². The van der Waals surface area contributed by atoms with Crippen LogP contribution in [0.5, 0.6) is 0 Å². The van der Waals surface area contributed by atoms with Crippen LogP contribution < -0.4 is 16.0 Å². The summed E-state index contributed by atoms with van der Waals surface area (Å²) < 4.78 is 5.12. The molecule has 0 fully saturated rings. The average Bonchev–Trinajstić information content (AvgIpc) is 3.20. The SMILES string of the molecule is O=C(CCC1NC(=O)c2ccccc2NC1=O)NCc1nc(-c2cccnc2)no1. The third kappa shape index (κ3) is 4.32. The molecule has 0 spiro atoms. The molecule has 0 saturated carbocycles. The predicted molar refractivity (Wildman–Crippen MR) is 105 cm³/mol. The molecule has 10 nitrogen and oxygen atoms in total. The molecule has 2 aromatic heterocycles. The highest BCUT2D eigenvalue weighted by Crippen LogP contribution is 2.19. The summed E-state index contributed by atoms with van der Waals surface area (Å²) in [5.41, 5.74) is 1.54. The van der Waals surface area contributed by atoms with E-state index in [0.29, 0.717) is 22.6 Å². The molecule has 1 aliphatic rings. The van der Waals surface area contributed by atoms with Crippen molar-refractivity contribution in [2.24, 2.45) is 0 Å². The van der Waals surface area contributed by atoms with Crippen LogP contribution in [-0.2, 0) is 16.1 Å². The molecular weight excluding hydrogens is 388 g/mol. The van der Waals surface area contributed by atoms with E-state index in [9.17, 15) is 14.4 Å². The van der Waals surface area contributed by atoms with Crippen molar-refractivity contribution in [1.82, 2.24) is 25.8 Å². The highest BCUT2D eigenvalue weighted by molar-refractivity contribution is 6.09. The zero-order valence-corrected chi connectivity index (χ0v) is 15.8. The molecule has 3 aromatic rings. The zero-order chi connectivity index (χ0) is 20.9. The third-order valence-electron chi connectivity index (χ3n) is 4.54. The first-order chi connectivity index (χ1) is 14.6. The van der Waals surface area contributed by atoms with E-state index < -0.39 is 6.04 Å². The number of rotatable bonds is 6. The quantitative estimate of drug-likeness (QED) is 0.560. The van der Waals surface area contributed by atoms with Crippen molar-refractivity contribution in [2.45, 2.75) is 25.4 Å². The Morgan fingerprint density at radius 1 is 1.17 bits per heavy atom. The molecular formula is C20H18N6O4. The lowest BCUT2D eigenvalue weighted by Crippen LogP contribution is -2.42. The van der Waals surface area contributed by atoms with E-state index in [0.717, 1.165) is 0 Å². The number of para-hydroxylation sites is 1. The molecule has 0 aliphatic carbocycles. The Bertz CT molecular complexity index is 1080. The number of aromatic nitrogens is 3.